The van der Waals surface area contributed by atoms with Gasteiger partial charge in [-0.3, -0.25) is 9.78 Å². The van der Waals surface area contributed by atoms with Gasteiger partial charge in [-0.2, -0.15) is 5.26 Å². The number of halogens is 1. The molecule has 0 bridgehead atoms. The Bertz CT molecular complexity index is 1570. The van der Waals surface area contributed by atoms with E-state index < -0.39 is 0 Å². The normalized spacial score (nSPS) is 10.9. The van der Waals surface area contributed by atoms with Crippen molar-refractivity contribution in [2.45, 2.75) is 10.1 Å². The molecule has 0 aliphatic rings. The Morgan fingerprint density at radius 3 is 2.68 bits per heavy atom. The lowest BCUT2D eigenvalue weighted by molar-refractivity contribution is 0.112. The molecule has 6 nitrogen and oxygen atoms in total. The van der Waals surface area contributed by atoms with E-state index in [4.69, 9.17) is 11.6 Å². The van der Waals surface area contributed by atoms with Gasteiger partial charge in [-0.15, -0.1) is 11.3 Å². The lowest BCUT2D eigenvalue weighted by Crippen LogP contribution is -1.95. The molecule has 0 aliphatic heterocycles. The molecule has 34 heavy (non-hydrogen) atoms. The van der Waals surface area contributed by atoms with Crippen LogP contribution in [-0.2, 0) is 7.05 Å². The molecule has 5 aromatic rings. The number of aldehydes is 1. The molecule has 3 aromatic heterocycles. The second kappa shape index (κ2) is 9.31. The molecule has 0 spiro atoms. The predicted octanol–water partition coefficient (Wildman–Crippen LogP) is 6.93. The number of carbonyl (C=O) groups is 1. The van der Waals surface area contributed by atoms with Crippen LogP contribution in [0.1, 0.15) is 15.9 Å². The monoisotopic (exact) mass is 501 g/mol. The van der Waals surface area contributed by atoms with Crippen LogP contribution in [0, 0.1) is 11.3 Å². The number of imidazole rings is 1. The van der Waals surface area contributed by atoms with Crippen LogP contribution < -0.4 is 5.32 Å². The van der Waals surface area contributed by atoms with E-state index in [-0.39, 0.29) is 0 Å². The molecule has 0 saturated heterocycles. The smallest absolute Gasteiger partial charge is 0.172 e. The van der Waals surface area contributed by atoms with Crippen LogP contribution in [0.25, 0.3) is 20.7 Å². The number of aryl methyl sites for hydroxylation is 1. The van der Waals surface area contributed by atoms with Gasteiger partial charge in [0.05, 0.1) is 26.5 Å². The highest BCUT2D eigenvalue weighted by Crippen LogP contribution is 2.40. The zero-order valence-corrected chi connectivity index (χ0v) is 20.2. The number of rotatable bonds is 6. The second-order valence-corrected chi connectivity index (χ2v) is 9.89. The Morgan fingerprint density at radius 2 is 2.00 bits per heavy atom. The van der Waals surface area contributed by atoms with Crippen LogP contribution in [0.5, 0.6) is 0 Å². The van der Waals surface area contributed by atoms with E-state index in [9.17, 15) is 10.1 Å². The maximum Gasteiger partial charge on any atom is 0.172 e. The van der Waals surface area contributed by atoms with Crippen LogP contribution >= 0.6 is 34.7 Å². The van der Waals surface area contributed by atoms with Crippen LogP contribution in [-0.4, -0.2) is 20.8 Å². The van der Waals surface area contributed by atoms with Gasteiger partial charge in [0, 0.05) is 46.7 Å². The van der Waals surface area contributed by atoms with Gasteiger partial charge in [-0.1, -0.05) is 47.6 Å². The highest BCUT2D eigenvalue weighted by Gasteiger charge is 2.15. The molecule has 0 radical (unpaired) electrons. The first-order valence-corrected chi connectivity index (χ1v) is 12.2. The number of fused-ring (bicyclic) bond motifs is 1. The summed E-state index contributed by atoms with van der Waals surface area (Å²) in [5.74, 6) is 0. The number of carbonyl (C=O) groups excluding carboxylic acids is 1. The molecule has 0 saturated carbocycles. The molecule has 2 aromatic carbocycles. The summed E-state index contributed by atoms with van der Waals surface area (Å²) in [6.07, 6.45) is 6.03. The first-order valence-electron chi connectivity index (χ1n) is 10.2. The number of benzene rings is 2. The average Bonchev–Trinajstić information content (AvgIpc) is 3.47. The van der Waals surface area contributed by atoms with Gasteiger partial charge in [0.25, 0.3) is 0 Å². The number of hydrogen-bond acceptors (Lipinski definition) is 7. The summed E-state index contributed by atoms with van der Waals surface area (Å²) in [4.78, 5) is 21.6. The number of nitrogens with zero attached hydrogens (tertiary/aromatic N) is 4. The molecule has 9 heteroatoms. The summed E-state index contributed by atoms with van der Waals surface area (Å²) in [5.41, 5.74) is 4.29. The van der Waals surface area contributed by atoms with Gasteiger partial charge >= 0.3 is 0 Å². The minimum absolute atomic E-state index is 0.444. The predicted molar refractivity (Wildman–Crippen MR) is 137 cm³/mol. The third kappa shape index (κ3) is 4.29. The van der Waals surface area contributed by atoms with Gasteiger partial charge in [0.2, 0.25) is 0 Å². The molecule has 3 heterocycles. The van der Waals surface area contributed by atoms with Crippen molar-refractivity contribution in [3.05, 3.63) is 83.3 Å². The minimum Gasteiger partial charge on any atom is -0.353 e. The highest BCUT2D eigenvalue weighted by molar-refractivity contribution is 7.99. The number of pyridine rings is 1. The fourth-order valence-corrected chi connectivity index (χ4v) is 5.64. The standard InChI is InChI=1S/C25H16ClN5OS2/c1-31-9-8-28-25(31)34-21-7-6-18(10-19(21)26)30-23-17(12-27)13-29-20-11-22(33-24(20)23)16-4-2-15(14-32)3-5-16/h2-11,13-14H,1H3,(H,29,30). The summed E-state index contributed by atoms with van der Waals surface area (Å²) in [7, 11) is 1.93. The molecule has 0 aliphatic carbocycles. The van der Waals surface area contributed by atoms with Gasteiger partial charge in [-0.05, 0) is 29.8 Å². The van der Waals surface area contributed by atoms with E-state index in [2.05, 4.69) is 21.4 Å². The maximum atomic E-state index is 11.0. The van der Waals surface area contributed by atoms with E-state index in [1.165, 1.54) is 23.1 Å². The van der Waals surface area contributed by atoms with Gasteiger partial charge < -0.3 is 9.88 Å². The Morgan fingerprint density at radius 1 is 1.18 bits per heavy atom. The molecule has 0 unspecified atom stereocenters. The fraction of sp³-hybridized carbons (Fsp3) is 0.0400. The number of nitriles is 1. The van der Waals surface area contributed by atoms with Crippen molar-refractivity contribution in [3.63, 3.8) is 0 Å². The van der Waals surface area contributed by atoms with E-state index in [0.29, 0.717) is 21.8 Å². The van der Waals surface area contributed by atoms with E-state index in [1.807, 2.05) is 54.2 Å². The lowest BCUT2D eigenvalue weighted by atomic mass is 10.1. The molecular weight excluding hydrogens is 486 g/mol. The number of aromatic nitrogens is 3. The molecule has 0 amide bonds. The average molecular weight is 502 g/mol. The van der Waals surface area contributed by atoms with Crippen molar-refractivity contribution in [1.29, 1.82) is 5.26 Å². The number of hydrogen-bond donors (Lipinski definition) is 1. The summed E-state index contributed by atoms with van der Waals surface area (Å²) in [6.45, 7) is 0. The second-order valence-electron chi connectivity index (χ2n) is 7.42. The van der Waals surface area contributed by atoms with Crippen molar-refractivity contribution in [1.82, 2.24) is 14.5 Å². The Labute approximate surface area is 208 Å². The van der Waals surface area contributed by atoms with Crippen molar-refractivity contribution in [2.75, 3.05) is 5.32 Å². The van der Waals surface area contributed by atoms with Crippen LogP contribution in [0.15, 0.2) is 77.2 Å². The van der Waals surface area contributed by atoms with Crippen molar-refractivity contribution < 1.29 is 4.79 Å². The van der Waals surface area contributed by atoms with Crippen LogP contribution in [0.3, 0.4) is 0 Å². The third-order valence-corrected chi connectivity index (χ3v) is 7.94. The molecule has 5 rings (SSSR count). The maximum absolute atomic E-state index is 11.0. The third-order valence-electron chi connectivity index (χ3n) is 5.17. The minimum atomic E-state index is 0.444. The quantitative estimate of drug-likeness (QED) is 0.254. The van der Waals surface area contributed by atoms with Crippen LogP contribution in [0.4, 0.5) is 11.4 Å². The van der Waals surface area contributed by atoms with E-state index >= 15 is 0 Å². The summed E-state index contributed by atoms with van der Waals surface area (Å²) < 4.78 is 2.80. The summed E-state index contributed by atoms with van der Waals surface area (Å²) >= 11 is 9.59. The summed E-state index contributed by atoms with van der Waals surface area (Å²) in [6, 6.07) is 17.3. The van der Waals surface area contributed by atoms with Crippen molar-refractivity contribution in [2.24, 2.45) is 7.05 Å². The topological polar surface area (TPSA) is 83.6 Å². The largest absolute Gasteiger partial charge is 0.353 e. The molecule has 166 valence electrons. The van der Waals surface area contributed by atoms with Gasteiger partial charge in [-0.25, -0.2) is 4.98 Å². The van der Waals surface area contributed by atoms with E-state index in [1.54, 1.807) is 24.5 Å². The molecule has 1 N–H and O–H groups in total. The molecule has 0 atom stereocenters. The fourth-order valence-electron chi connectivity index (χ4n) is 3.41. The van der Waals surface area contributed by atoms with Crippen molar-refractivity contribution >= 4 is 62.6 Å². The zero-order valence-electron chi connectivity index (χ0n) is 17.8. The number of thiophene rings is 1. The van der Waals surface area contributed by atoms with E-state index in [0.717, 1.165) is 42.7 Å². The van der Waals surface area contributed by atoms with Crippen molar-refractivity contribution in [3.8, 4) is 16.5 Å². The molecular formula is C25H16ClN5OS2. The summed E-state index contributed by atoms with van der Waals surface area (Å²) in [5, 5.41) is 14.5. The molecule has 0 fully saturated rings. The Kier molecular flexibility index (Phi) is 6.07. The Balaban J connectivity index is 1.49. The SMILES string of the molecule is Cn1ccnc1Sc1ccc(Nc2c(C#N)cnc3cc(-c4ccc(C=O)cc4)sc23)cc1Cl. The first-order chi connectivity index (χ1) is 16.6. The zero-order chi connectivity index (χ0) is 23.7. The van der Waals surface area contributed by atoms with Crippen LogP contribution in [0.2, 0.25) is 5.02 Å². The number of nitrogens with one attached hydrogen (secondary N) is 1. The van der Waals surface area contributed by atoms with Gasteiger partial charge in [0.15, 0.2) is 5.16 Å². The lowest BCUT2D eigenvalue weighted by Gasteiger charge is -2.11. The Hall–Kier alpha value is -3.64. The van der Waals surface area contributed by atoms with Gasteiger partial charge in [0.1, 0.15) is 12.4 Å². The highest BCUT2D eigenvalue weighted by atomic mass is 35.5. The first kappa shape index (κ1) is 22.2. The number of anilines is 2.